The molecule has 0 N–H and O–H groups in total. The average molecular weight is 299 g/mol. The standard InChI is InChI=1S/C17H33NO3/c1-8-14(4)19-11-17(18-7,12-20-15(5)9-2)13-21-16(6)10-3/h14-16H,8-13H2,1-6H3. The lowest BCUT2D eigenvalue weighted by molar-refractivity contribution is -0.0548. The molecule has 0 amide bonds. The third kappa shape index (κ3) is 8.40. The van der Waals surface area contributed by atoms with Crippen LogP contribution in [0.3, 0.4) is 0 Å². The molecule has 3 atom stereocenters. The zero-order valence-corrected chi connectivity index (χ0v) is 14.6. The van der Waals surface area contributed by atoms with E-state index in [0.717, 1.165) is 19.3 Å². The van der Waals surface area contributed by atoms with Crippen molar-refractivity contribution in [2.75, 3.05) is 19.8 Å². The summed E-state index contributed by atoms with van der Waals surface area (Å²) in [6.45, 7) is 21.0. The SMILES string of the molecule is [C-]#[N+]C(COC(C)CC)(COC(C)CC)COC(C)CC. The second-order valence-corrected chi connectivity index (χ2v) is 5.93. The highest BCUT2D eigenvalue weighted by molar-refractivity contribution is 4.99. The van der Waals surface area contributed by atoms with Crippen molar-refractivity contribution >= 4 is 0 Å². The quantitative estimate of drug-likeness (QED) is 0.509. The van der Waals surface area contributed by atoms with Crippen LogP contribution in [0.1, 0.15) is 60.8 Å². The van der Waals surface area contributed by atoms with E-state index in [9.17, 15) is 0 Å². The third-order valence-electron chi connectivity index (χ3n) is 3.87. The van der Waals surface area contributed by atoms with Crippen LogP contribution in [0.5, 0.6) is 0 Å². The van der Waals surface area contributed by atoms with Crippen molar-refractivity contribution in [2.45, 2.75) is 84.7 Å². The van der Waals surface area contributed by atoms with E-state index in [1.54, 1.807) is 0 Å². The number of rotatable bonds is 12. The highest BCUT2D eigenvalue weighted by atomic mass is 16.5. The third-order valence-corrected chi connectivity index (χ3v) is 3.87. The molecule has 4 nitrogen and oxygen atoms in total. The maximum atomic E-state index is 7.60. The van der Waals surface area contributed by atoms with Crippen molar-refractivity contribution in [1.82, 2.24) is 0 Å². The molecule has 0 fully saturated rings. The summed E-state index contributed by atoms with van der Waals surface area (Å²) in [5.41, 5.74) is -0.740. The monoisotopic (exact) mass is 299 g/mol. The van der Waals surface area contributed by atoms with Gasteiger partial charge in [-0.2, -0.15) is 0 Å². The van der Waals surface area contributed by atoms with Gasteiger partial charge in [-0.3, -0.25) is 0 Å². The van der Waals surface area contributed by atoms with Crippen molar-refractivity contribution < 1.29 is 14.2 Å². The summed E-state index contributed by atoms with van der Waals surface area (Å²) in [6.07, 6.45) is 3.26. The highest BCUT2D eigenvalue weighted by Gasteiger charge is 2.39. The van der Waals surface area contributed by atoms with Crippen molar-refractivity contribution in [2.24, 2.45) is 0 Å². The molecule has 0 rings (SSSR count). The molecule has 0 aliphatic carbocycles. The van der Waals surface area contributed by atoms with Gasteiger partial charge < -0.3 is 19.1 Å². The van der Waals surface area contributed by atoms with E-state index in [0.29, 0.717) is 19.8 Å². The van der Waals surface area contributed by atoms with Gasteiger partial charge in [-0.05, 0) is 40.0 Å². The fraction of sp³-hybridized carbons (Fsp3) is 0.941. The molecule has 0 bridgehead atoms. The van der Waals surface area contributed by atoms with Gasteiger partial charge in [0.2, 0.25) is 0 Å². The molecule has 0 saturated heterocycles. The first kappa shape index (κ1) is 20.4. The van der Waals surface area contributed by atoms with Gasteiger partial charge in [-0.1, -0.05) is 20.8 Å². The van der Waals surface area contributed by atoms with Gasteiger partial charge in [0, 0.05) is 0 Å². The molecule has 0 aromatic carbocycles. The minimum Gasteiger partial charge on any atom is -0.370 e. The Bertz CT molecular complexity index is 265. The molecule has 0 spiro atoms. The van der Waals surface area contributed by atoms with Crippen molar-refractivity contribution in [3.05, 3.63) is 11.4 Å². The minimum atomic E-state index is -0.740. The van der Waals surface area contributed by atoms with Crippen molar-refractivity contribution in [3.63, 3.8) is 0 Å². The number of hydrogen-bond acceptors (Lipinski definition) is 3. The van der Waals surface area contributed by atoms with E-state index >= 15 is 0 Å². The zero-order valence-electron chi connectivity index (χ0n) is 14.6. The normalized spacial score (nSPS) is 18.5. The predicted octanol–water partition coefficient (Wildman–Crippen LogP) is 4.09. The van der Waals surface area contributed by atoms with Crippen molar-refractivity contribution in [1.29, 1.82) is 0 Å². The Morgan fingerprint density at radius 1 is 0.762 bits per heavy atom. The van der Waals surface area contributed by atoms with Crippen molar-refractivity contribution in [3.8, 4) is 0 Å². The second kappa shape index (κ2) is 11.0. The van der Waals surface area contributed by atoms with Gasteiger partial charge in [-0.25, -0.2) is 6.57 Å². The van der Waals surface area contributed by atoms with Crippen LogP contribution in [-0.2, 0) is 14.2 Å². The number of nitrogens with zero attached hydrogens (tertiary/aromatic N) is 1. The molecule has 124 valence electrons. The summed E-state index contributed by atoms with van der Waals surface area (Å²) in [4.78, 5) is 3.81. The smallest absolute Gasteiger partial charge is 0.300 e. The van der Waals surface area contributed by atoms with E-state index in [-0.39, 0.29) is 18.3 Å². The molecule has 0 aliphatic heterocycles. The summed E-state index contributed by atoms with van der Waals surface area (Å²) in [7, 11) is 0. The van der Waals surface area contributed by atoms with E-state index in [1.165, 1.54) is 0 Å². The van der Waals surface area contributed by atoms with Crippen LogP contribution in [-0.4, -0.2) is 43.7 Å². The molecule has 4 heteroatoms. The zero-order chi connectivity index (χ0) is 16.3. The minimum absolute atomic E-state index is 0.151. The van der Waals surface area contributed by atoms with Gasteiger partial charge in [0.05, 0.1) is 18.3 Å². The van der Waals surface area contributed by atoms with Gasteiger partial charge >= 0.3 is 5.54 Å². The summed E-state index contributed by atoms with van der Waals surface area (Å²) in [6, 6.07) is 0. The lowest BCUT2D eigenvalue weighted by Gasteiger charge is -2.26. The van der Waals surface area contributed by atoms with Crippen LogP contribution in [0.15, 0.2) is 0 Å². The lowest BCUT2D eigenvalue weighted by Crippen LogP contribution is -2.43. The summed E-state index contributed by atoms with van der Waals surface area (Å²) in [5.74, 6) is 0. The largest absolute Gasteiger partial charge is 0.370 e. The lowest BCUT2D eigenvalue weighted by atomic mass is 10.0. The predicted molar refractivity (Wildman–Crippen MR) is 86.4 cm³/mol. The molecule has 0 aliphatic rings. The maximum absolute atomic E-state index is 7.60. The molecular formula is C17H33NO3. The van der Waals surface area contributed by atoms with Crippen LogP contribution in [0.4, 0.5) is 0 Å². The molecule has 3 unspecified atom stereocenters. The fourth-order valence-electron chi connectivity index (χ4n) is 1.47. The average Bonchev–Trinajstić information content (AvgIpc) is 2.53. The Morgan fingerprint density at radius 3 is 1.24 bits per heavy atom. The summed E-state index contributed by atoms with van der Waals surface area (Å²) in [5, 5.41) is 0. The van der Waals surface area contributed by atoms with Crippen LogP contribution in [0.25, 0.3) is 4.85 Å². The molecule has 21 heavy (non-hydrogen) atoms. The van der Waals surface area contributed by atoms with Gasteiger partial charge in [0.1, 0.15) is 19.8 Å². The molecule has 0 saturated carbocycles. The summed E-state index contributed by atoms with van der Waals surface area (Å²) < 4.78 is 17.4. The van der Waals surface area contributed by atoms with E-state index in [4.69, 9.17) is 20.8 Å². The Labute approximate surface area is 131 Å². The fourth-order valence-corrected chi connectivity index (χ4v) is 1.47. The van der Waals surface area contributed by atoms with E-state index in [2.05, 4.69) is 25.6 Å². The Hall–Kier alpha value is -0.630. The van der Waals surface area contributed by atoms with Gasteiger partial charge in [-0.15, -0.1) is 0 Å². The van der Waals surface area contributed by atoms with Gasteiger partial charge in [0.15, 0.2) is 0 Å². The van der Waals surface area contributed by atoms with E-state index in [1.807, 2.05) is 20.8 Å². The molecular weight excluding hydrogens is 266 g/mol. The first-order valence-electron chi connectivity index (χ1n) is 8.16. The number of ether oxygens (including phenoxy) is 3. The Morgan fingerprint density at radius 2 is 1.05 bits per heavy atom. The molecule has 0 aromatic heterocycles. The Kier molecular flexibility index (Phi) is 10.7. The molecule has 0 heterocycles. The van der Waals surface area contributed by atoms with Crippen LogP contribution < -0.4 is 0 Å². The highest BCUT2D eigenvalue weighted by Crippen LogP contribution is 2.18. The topological polar surface area (TPSA) is 32.0 Å². The number of hydrogen-bond donors (Lipinski definition) is 0. The Balaban J connectivity index is 4.70. The molecule has 0 aromatic rings. The van der Waals surface area contributed by atoms with E-state index < -0.39 is 5.54 Å². The van der Waals surface area contributed by atoms with Gasteiger partial charge in [0.25, 0.3) is 0 Å². The van der Waals surface area contributed by atoms with Crippen LogP contribution in [0, 0.1) is 6.57 Å². The molecule has 0 radical (unpaired) electrons. The second-order valence-electron chi connectivity index (χ2n) is 5.93. The van der Waals surface area contributed by atoms with Crippen LogP contribution >= 0.6 is 0 Å². The first-order valence-corrected chi connectivity index (χ1v) is 8.16. The first-order chi connectivity index (χ1) is 9.92. The maximum Gasteiger partial charge on any atom is 0.300 e. The summed E-state index contributed by atoms with van der Waals surface area (Å²) >= 11 is 0. The van der Waals surface area contributed by atoms with Crippen LogP contribution in [0.2, 0.25) is 0 Å².